The van der Waals surface area contributed by atoms with Crippen molar-refractivity contribution in [3.8, 4) is 0 Å². The van der Waals surface area contributed by atoms with Gasteiger partial charge < -0.3 is 0 Å². The maximum absolute atomic E-state index is 12.5. The summed E-state index contributed by atoms with van der Waals surface area (Å²) < 4.78 is 1.16. The maximum Gasteiger partial charge on any atom is 0.194 e. The largest absolute Gasteiger partial charge is 0.289 e. The van der Waals surface area contributed by atoms with E-state index in [1.165, 1.54) is 24.8 Å². The van der Waals surface area contributed by atoms with Gasteiger partial charge in [0.15, 0.2) is 5.78 Å². The first-order chi connectivity index (χ1) is 8.75. The molecule has 1 aromatic carbocycles. The first-order valence-electron chi connectivity index (χ1n) is 6.13. The number of ketones is 1. The molecule has 0 spiro atoms. The summed E-state index contributed by atoms with van der Waals surface area (Å²) in [5, 5.41) is 1.96. The van der Waals surface area contributed by atoms with Crippen molar-refractivity contribution >= 4 is 39.7 Å². The van der Waals surface area contributed by atoms with E-state index < -0.39 is 0 Å². The normalized spacial score (nSPS) is 15.4. The average Bonchev–Trinajstić information content (AvgIpc) is 2.74. The second-order valence-corrected chi connectivity index (χ2v) is 7.49. The van der Waals surface area contributed by atoms with Gasteiger partial charge in [0.25, 0.3) is 0 Å². The fourth-order valence-electron chi connectivity index (χ4n) is 2.36. The number of benzene rings is 1. The summed E-state index contributed by atoms with van der Waals surface area (Å²) in [5.74, 6) is 0.777. The van der Waals surface area contributed by atoms with Crippen LogP contribution in [0.25, 0.3) is 0 Å². The predicted molar refractivity (Wildman–Crippen MR) is 83.5 cm³/mol. The van der Waals surface area contributed by atoms with Crippen molar-refractivity contribution in [1.82, 2.24) is 0 Å². The molecule has 92 valence electrons. The number of hydrogen-bond acceptors (Lipinski definition) is 2. The molecule has 2 aromatic rings. The molecule has 0 radical (unpaired) electrons. The average molecular weight is 368 g/mol. The van der Waals surface area contributed by atoms with E-state index in [2.05, 4.69) is 28.7 Å². The van der Waals surface area contributed by atoms with Crippen molar-refractivity contribution in [3.05, 3.63) is 55.3 Å². The summed E-state index contributed by atoms with van der Waals surface area (Å²) in [6.07, 6.45) is 3.75. The highest BCUT2D eigenvalue weighted by molar-refractivity contribution is 14.1. The lowest BCUT2D eigenvalue weighted by atomic mass is 9.77. The fraction of sp³-hybridized carbons (Fsp3) is 0.267. The lowest BCUT2D eigenvalue weighted by Gasteiger charge is -2.27. The van der Waals surface area contributed by atoms with Crippen molar-refractivity contribution in [1.29, 1.82) is 0 Å². The molecule has 1 aliphatic carbocycles. The van der Waals surface area contributed by atoms with Gasteiger partial charge in [-0.1, -0.05) is 30.7 Å². The van der Waals surface area contributed by atoms with Crippen molar-refractivity contribution in [2.75, 3.05) is 0 Å². The highest BCUT2D eigenvalue weighted by Crippen LogP contribution is 2.38. The summed E-state index contributed by atoms with van der Waals surface area (Å²) in [7, 11) is 0. The van der Waals surface area contributed by atoms with Crippen LogP contribution in [0.3, 0.4) is 0 Å². The first-order valence-corrected chi connectivity index (χ1v) is 8.09. The smallest absolute Gasteiger partial charge is 0.194 e. The predicted octanol–water partition coefficient (Wildman–Crippen LogP) is 4.85. The van der Waals surface area contributed by atoms with Crippen LogP contribution in [-0.4, -0.2) is 5.78 Å². The van der Waals surface area contributed by atoms with Crippen LogP contribution in [0, 0.1) is 2.88 Å². The number of carbonyl (C=O) groups excluding carboxylic acids is 1. The van der Waals surface area contributed by atoms with Crippen LogP contribution < -0.4 is 0 Å². The van der Waals surface area contributed by atoms with Gasteiger partial charge in [0.05, 0.1) is 2.88 Å². The van der Waals surface area contributed by atoms with Crippen molar-refractivity contribution < 1.29 is 4.79 Å². The fourth-order valence-corrected chi connectivity index (χ4v) is 3.69. The third kappa shape index (κ3) is 2.26. The van der Waals surface area contributed by atoms with E-state index in [4.69, 9.17) is 0 Å². The summed E-state index contributed by atoms with van der Waals surface area (Å²) >= 11 is 3.89. The highest BCUT2D eigenvalue weighted by Gasteiger charge is 2.24. The SMILES string of the molecule is O=C(c1csc(I)c1)c1ccccc1C1CCC1. The molecule has 0 unspecified atom stereocenters. The third-order valence-electron chi connectivity index (χ3n) is 3.58. The van der Waals surface area contributed by atoms with Crippen LogP contribution in [0.1, 0.15) is 46.7 Å². The van der Waals surface area contributed by atoms with Crippen molar-refractivity contribution in [2.45, 2.75) is 25.2 Å². The molecule has 1 saturated carbocycles. The van der Waals surface area contributed by atoms with Crippen LogP contribution in [0.15, 0.2) is 35.7 Å². The number of halogens is 1. The Morgan fingerprint density at radius 2 is 2.06 bits per heavy atom. The van der Waals surface area contributed by atoms with Crippen molar-refractivity contribution in [3.63, 3.8) is 0 Å². The molecule has 1 nitrogen and oxygen atoms in total. The van der Waals surface area contributed by atoms with Crippen LogP contribution in [-0.2, 0) is 0 Å². The van der Waals surface area contributed by atoms with Gasteiger partial charge >= 0.3 is 0 Å². The van der Waals surface area contributed by atoms with Gasteiger partial charge in [0.1, 0.15) is 0 Å². The molecule has 1 heterocycles. The molecule has 0 bridgehead atoms. The van der Waals surface area contributed by atoms with E-state index in [0.717, 1.165) is 14.0 Å². The Morgan fingerprint density at radius 1 is 1.28 bits per heavy atom. The molecule has 18 heavy (non-hydrogen) atoms. The van der Waals surface area contributed by atoms with Crippen LogP contribution in [0.4, 0.5) is 0 Å². The van der Waals surface area contributed by atoms with Gasteiger partial charge in [-0.2, -0.15) is 0 Å². The van der Waals surface area contributed by atoms with Crippen LogP contribution in [0.2, 0.25) is 0 Å². The summed E-state index contributed by atoms with van der Waals surface area (Å²) in [6, 6.07) is 10.1. The summed E-state index contributed by atoms with van der Waals surface area (Å²) in [6.45, 7) is 0. The van der Waals surface area contributed by atoms with E-state index in [1.807, 2.05) is 29.6 Å². The number of carbonyl (C=O) groups is 1. The summed E-state index contributed by atoms with van der Waals surface area (Å²) in [4.78, 5) is 12.5. The molecule has 3 heteroatoms. The molecule has 1 fully saturated rings. The van der Waals surface area contributed by atoms with Gasteiger partial charge in [-0.05, 0) is 53.0 Å². The Bertz CT molecular complexity index is 584. The second-order valence-electron chi connectivity index (χ2n) is 4.68. The van der Waals surface area contributed by atoms with Crippen LogP contribution >= 0.6 is 33.9 Å². The molecule has 0 amide bonds. The van der Waals surface area contributed by atoms with E-state index in [1.54, 1.807) is 11.3 Å². The Balaban J connectivity index is 1.98. The van der Waals surface area contributed by atoms with E-state index in [0.29, 0.717) is 5.92 Å². The van der Waals surface area contributed by atoms with Crippen molar-refractivity contribution in [2.24, 2.45) is 0 Å². The number of hydrogen-bond donors (Lipinski definition) is 0. The molecule has 0 atom stereocenters. The zero-order valence-corrected chi connectivity index (χ0v) is 12.8. The topological polar surface area (TPSA) is 17.1 Å². The highest BCUT2D eigenvalue weighted by atomic mass is 127. The molecule has 0 aliphatic heterocycles. The van der Waals surface area contributed by atoms with E-state index >= 15 is 0 Å². The molecule has 1 aromatic heterocycles. The van der Waals surface area contributed by atoms with Gasteiger partial charge in [-0.15, -0.1) is 11.3 Å². The lowest BCUT2D eigenvalue weighted by molar-refractivity contribution is 0.103. The second kappa shape index (κ2) is 5.13. The Morgan fingerprint density at radius 3 is 2.67 bits per heavy atom. The minimum atomic E-state index is 0.177. The van der Waals surface area contributed by atoms with Gasteiger partial charge in [0, 0.05) is 16.5 Å². The maximum atomic E-state index is 12.5. The standard InChI is InChI=1S/C15H13IOS/c16-14-8-11(9-18-14)15(17)13-7-2-1-6-12(13)10-4-3-5-10/h1-2,6-10H,3-5H2. The monoisotopic (exact) mass is 368 g/mol. The Labute approximate surface area is 124 Å². The minimum Gasteiger partial charge on any atom is -0.289 e. The molecular formula is C15H13IOS. The zero-order chi connectivity index (χ0) is 12.5. The molecule has 3 rings (SSSR count). The summed E-state index contributed by atoms with van der Waals surface area (Å²) in [5.41, 5.74) is 2.97. The Hall–Kier alpha value is -0.680. The van der Waals surface area contributed by atoms with E-state index in [9.17, 15) is 4.79 Å². The quantitative estimate of drug-likeness (QED) is 0.559. The zero-order valence-electron chi connectivity index (χ0n) is 9.86. The van der Waals surface area contributed by atoms with Gasteiger partial charge in [-0.3, -0.25) is 4.79 Å². The number of thiophene rings is 1. The minimum absolute atomic E-state index is 0.177. The molecular weight excluding hydrogens is 355 g/mol. The Kier molecular flexibility index (Phi) is 3.52. The number of rotatable bonds is 3. The third-order valence-corrected chi connectivity index (χ3v) is 5.37. The molecule has 0 N–H and O–H groups in total. The van der Waals surface area contributed by atoms with Gasteiger partial charge in [0.2, 0.25) is 0 Å². The first kappa shape index (κ1) is 12.4. The van der Waals surface area contributed by atoms with E-state index in [-0.39, 0.29) is 5.78 Å². The van der Waals surface area contributed by atoms with Gasteiger partial charge in [-0.25, -0.2) is 0 Å². The van der Waals surface area contributed by atoms with Crippen LogP contribution in [0.5, 0.6) is 0 Å². The molecule has 0 saturated heterocycles. The lowest BCUT2D eigenvalue weighted by Crippen LogP contribution is -2.14. The molecule has 1 aliphatic rings.